The van der Waals surface area contributed by atoms with Gasteiger partial charge in [-0.05, 0) is 73.1 Å². The van der Waals surface area contributed by atoms with Gasteiger partial charge in [0.15, 0.2) is 0 Å². The van der Waals surface area contributed by atoms with Crippen molar-refractivity contribution >= 4 is 5.78 Å². The summed E-state index contributed by atoms with van der Waals surface area (Å²) in [6, 6.07) is 5.33. The molecule has 0 aromatic heterocycles. The zero-order chi connectivity index (χ0) is 13.9. The van der Waals surface area contributed by atoms with Crippen LogP contribution in [0.25, 0.3) is 0 Å². The Bertz CT molecular complexity index is 579. The lowest BCUT2D eigenvalue weighted by Gasteiger charge is -2.48. The molecule has 3 aliphatic carbocycles. The Labute approximate surface area is 119 Å². The zero-order valence-electron chi connectivity index (χ0n) is 12.0. The Morgan fingerprint density at radius 1 is 1.20 bits per heavy atom. The highest BCUT2D eigenvalue weighted by molar-refractivity contribution is 5.87. The number of halogens is 1. The number of carbonyl (C=O) groups excluding carboxylic acids is 1. The first-order chi connectivity index (χ1) is 9.59. The van der Waals surface area contributed by atoms with Crippen LogP contribution in [0.4, 0.5) is 4.39 Å². The van der Waals surface area contributed by atoms with Crippen LogP contribution in [-0.4, -0.2) is 5.78 Å². The summed E-state index contributed by atoms with van der Waals surface area (Å²) in [7, 11) is 0. The van der Waals surface area contributed by atoms with Crippen molar-refractivity contribution in [3.63, 3.8) is 0 Å². The first kappa shape index (κ1) is 12.6. The number of ketones is 1. The van der Waals surface area contributed by atoms with Crippen molar-refractivity contribution in [1.29, 1.82) is 0 Å². The standard InChI is InChI=1S/C18H21FO/c1-18-9-8-14-13-5-3-12(19)10-11(13)2-4-15(14)16(18)6-7-17(18)20/h3,5,10,14-16H,2,4,6-9H2,1H3/t14-,15-,16+,18+/m1/s1/i19-1. The van der Waals surface area contributed by atoms with Crippen LogP contribution < -0.4 is 0 Å². The lowest BCUT2D eigenvalue weighted by Crippen LogP contribution is -2.42. The molecule has 0 radical (unpaired) electrons. The lowest BCUT2D eigenvalue weighted by atomic mass is 9.55. The van der Waals surface area contributed by atoms with E-state index in [2.05, 4.69) is 6.92 Å². The summed E-state index contributed by atoms with van der Waals surface area (Å²) in [4.78, 5) is 12.2. The van der Waals surface area contributed by atoms with Crippen LogP contribution in [0.2, 0.25) is 0 Å². The van der Waals surface area contributed by atoms with E-state index < -0.39 is 0 Å². The van der Waals surface area contributed by atoms with Crippen molar-refractivity contribution in [2.24, 2.45) is 17.3 Å². The van der Waals surface area contributed by atoms with E-state index in [0.29, 0.717) is 23.5 Å². The fraction of sp³-hybridized carbons (Fsp3) is 0.611. The molecule has 3 aliphatic rings. The van der Waals surface area contributed by atoms with Gasteiger partial charge in [-0.2, -0.15) is 0 Å². The fourth-order valence-corrected chi connectivity index (χ4v) is 5.32. The number of hydrogen-bond donors (Lipinski definition) is 0. The van der Waals surface area contributed by atoms with E-state index in [1.807, 2.05) is 6.07 Å². The van der Waals surface area contributed by atoms with Gasteiger partial charge in [0.05, 0.1) is 0 Å². The Hall–Kier alpha value is -1.18. The predicted molar refractivity (Wildman–Crippen MR) is 76.0 cm³/mol. The maximum Gasteiger partial charge on any atom is 0.139 e. The van der Waals surface area contributed by atoms with Crippen molar-refractivity contribution < 1.29 is 9.18 Å². The minimum absolute atomic E-state index is 0.0568. The molecule has 1 aromatic rings. The molecule has 2 saturated carbocycles. The highest BCUT2D eigenvalue weighted by Crippen LogP contribution is 2.59. The zero-order valence-corrected chi connectivity index (χ0v) is 12.0. The summed E-state index contributed by atoms with van der Waals surface area (Å²) in [5.41, 5.74) is 2.52. The van der Waals surface area contributed by atoms with Gasteiger partial charge < -0.3 is 0 Å². The number of hydrogen-bond acceptors (Lipinski definition) is 1. The molecule has 0 bridgehead atoms. The van der Waals surface area contributed by atoms with Crippen LogP contribution >= 0.6 is 0 Å². The van der Waals surface area contributed by atoms with Crippen LogP contribution in [0.3, 0.4) is 0 Å². The Kier molecular flexibility index (Phi) is 2.61. The first-order valence-corrected chi connectivity index (χ1v) is 7.91. The van der Waals surface area contributed by atoms with E-state index in [9.17, 15) is 9.18 Å². The molecule has 2 heteroatoms. The number of aryl methyl sites for hydroxylation is 1. The van der Waals surface area contributed by atoms with Crippen molar-refractivity contribution in [3.05, 3.63) is 35.1 Å². The average molecular weight is 271 g/mol. The van der Waals surface area contributed by atoms with Gasteiger partial charge in [-0.15, -0.1) is 0 Å². The third-order valence-corrected chi connectivity index (χ3v) is 6.40. The molecule has 106 valence electrons. The molecular formula is C18H21FO. The SMILES string of the molecule is C[C@]12CC[C@@H]3c4ccc([18F])cc4CC[C@H]3[C@@H]1CCC2=O. The molecule has 0 amide bonds. The largest absolute Gasteiger partial charge is 0.299 e. The van der Waals surface area contributed by atoms with E-state index in [4.69, 9.17) is 0 Å². The van der Waals surface area contributed by atoms with Crippen LogP contribution in [0.1, 0.15) is 56.1 Å². The summed E-state index contributed by atoms with van der Waals surface area (Å²) >= 11 is 0. The van der Waals surface area contributed by atoms with Crippen LogP contribution in [0.5, 0.6) is 0 Å². The van der Waals surface area contributed by atoms with Gasteiger partial charge in [-0.3, -0.25) is 4.79 Å². The third kappa shape index (κ3) is 1.57. The number of rotatable bonds is 0. The fourth-order valence-electron chi connectivity index (χ4n) is 5.32. The third-order valence-electron chi connectivity index (χ3n) is 6.40. The monoisotopic (exact) mass is 271 g/mol. The summed E-state index contributed by atoms with van der Waals surface area (Å²) in [6.45, 7) is 2.20. The van der Waals surface area contributed by atoms with Crippen molar-refractivity contribution in [3.8, 4) is 0 Å². The van der Waals surface area contributed by atoms with Crippen LogP contribution in [-0.2, 0) is 11.2 Å². The second kappa shape index (κ2) is 4.16. The van der Waals surface area contributed by atoms with Crippen molar-refractivity contribution in [1.82, 2.24) is 0 Å². The van der Waals surface area contributed by atoms with Gasteiger partial charge in [-0.25, -0.2) is 4.39 Å². The number of fused-ring (bicyclic) bond motifs is 5. The van der Waals surface area contributed by atoms with Crippen molar-refractivity contribution in [2.45, 2.75) is 51.4 Å². The molecule has 2 fully saturated rings. The molecule has 20 heavy (non-hydrogen) atoms. The minimum atomic E-state index is -0.112. The van der Waals surface area contributed by atoms with Crippen LogP contribution in [0, 0.1) is 23.1 Å². The lowest BCUT2D eigenvalue weighted by molar-refractivity contribution is -0.129. The quantitative estimate of drug-likeness (QED) is 0.689. The van der Waals surface area contributed by atoms with E-state index >= 15 is 0 Å². The van der Waals surface area contributed by atoms with Crippen LogP contribution in [0.15, 0.2) is 18.2 Å². The summed E-state index contributed by atoms with van der Waals surface area (Å²) in [5.74, 6) is 2.14. The van der Waals surface area contributed by atoms with E-state index in [1.54, 1.807) is 12.1 Å². The molecule has 0 heterocycles. The van der Waals surface area contributed by atoms with E-state index in [1.165, 1.54) is 11.1 Å². The van der Waals surface area contributed by atoms with Gasteiger partial charge in [0.25, 0.3) is 0 Å². The average Bonchev–Trinajstić information content (AvgIpc) is 2.74. The topological polar surface area (TPSA) is 17.1 Å². The second-order valence-corrected chi connectivity index (χ2v) is 7.18. The molecule has 0 unspecified atom stereocenters. The molecular weight excluding hydrogens is 250 g/mol. The maximum absolute atomic E-state index is 13.4. The van der Waals surface area contributed by atoms with Gasteiger partial charge >= 0.3 is 0 Å². The second-order valence-electron chi connectivity index (χ2n) is 7.18. The molecule has 0 N–H and O–H groups in total. The summed E-state index contributed by atoms with van der Waals surface area (Å²) < 4.78 is 13.4. The normalized spacial score (nSPS) is 39.1. The Morgan fingerprint density at radius 3 is 2.90 bits per heavy atom. The van der Waals surface area contributed by atoms with E-state index in [-0.39, 0.29) is 11.2 Å². The number of carbonyl (C=O) groups is 1. The molecule has 0 saturated heterocycles. The summed E-state index contributed by atoms with van der Waals surface area (Å²) in [6.07, 6.45) is 6.09. The number of benzene rings is 1. The Morgan fingerprint density at radius 2 is 2.05 bits per heavy atom. The molecule has 0 spiro atoms. The molecule has 1 nitrogen and oxygen atoms in total. The predicted octanol–water partition coefficient (Wildman–Crippen LogP) is 4.25. The first-order valence-electron chi connectivity index (χ1n) is 7.91. The number of Topliss-reactive ketones (excluding diaryl/α,β-unsaturated/α-hetero) is 1. The van der Waals surface area contributed by atoms with Gasteiger partial charge in [0, 0.05) is 11.8 Å². The molecule has 4 atom stereocenters. The molecule has 4 rings (SSSR count). The molecule has 1 aromatic carbocycles. The van der Waals surface area contributed by atoms with Crippen molar-refractivity contribution in [2.75, 3.05) is 0 Å². The molecule has 0 aliphatic heterocycles. The minimum Gasteiger partial charge on any atom is -0.299 e. The van der Waals surface area contributed by atoms with Gasteiger partial charge in [-0.1, -0.05) is 13.0 Å². The smallest absolute Gasteiger partial charge is 0.139 e. The Balaban J connectivity index is 1.73. The highest BCUT2D eigenvalue weighted by atomic mass is 18.2. The van der Waals surface area contributed by atoms with Gasteiger partial charge in [0.2, 0.25) is 0 Å². The maximum atomic E-state index is 13.4. The van der Waals surface area contributed by atoms with Gasteiger partial charge in [0.1, 0.15) is 11.6 Å². The van der Waals surface area contributed by atoms with E-state index in [0.717, 1.165) is 38.5 Å². The summed E-state index contributed by atoms with van der Waals surface area (Å²) in [5, 5.41) is 0. The highest BCUT2D eigenvalue weighted by Gasteiger charge is 2.54.